The lowest BCUT2D eigenvalue weighted by atomic mass is 9.69. The highest BCUT2D eigenvalue weighted by Gasteiger charge is 2.42. The monoisotopic (exact) mass is 347 g/mol. The van der Waals surface area contributed by atoms with E-state index in [4.69, 9.17) is 0 Å². The maximum atomic E-state index is 10.7. The summed E-state index contributed by atoms with van der Waals surface area (Å²) < 4.78 is 0.982. The topological polar surface area (TPSA) is 44.0 Å². The third-order valence-electron chi connectivity index (χ3n) is 4.07. The fourth-order valence-electron chi connectivity index (χ4n) is 2.90. The zero-order valence-corrected chi connectivity index (χ0v) is 13.2. The lowest BCUT2D eigenvalue weighted by Gasteiger charge is -2.35. The molecule has 1 N–H and O–H groups in total. The van der Waals surface area contributed by atoms with Gasteiger partial charge >= 0.3 is 0 Å². The van der Waals surface area contributed by atoms with Gasteiger partial charge in [0, 0.05) is 4.88 Å². The third-order valence-corrected chi connectivity index (χ3v) is 5.75. The molecule has 2 nitrogen and oxygen atoms in total. The van der Waals surface area contributed by atoms with Gasteiger partial charge in [-0.25, -0.2) is 0 Å². The number of nitriles is 1. The van der Waals surface area contributed by atoms with E-state index in [0.717, 1.165) is 15.1 Å². The number of thiophene rings is 1. The van der Waals surface area contributed by atoms with Crippen LogP contribution in [0.4, 0.5) is 0 Å². The van der Waals surface area contributed by atoms with E-state index in [9.17, 15) is 10.4 Å². The van der Waals surface area contributed by atoms with Crippen LogP contribution in [0.5, 0.6) is 0 Å². The molecule has 3 rings (SSSR count). The number of hydrogen-bond donors (Lipinski definition) is 1. The number of benzene rings is 1. The summed E-state index contributed by atoms with van der Waals surface area (Å²) in [5, 5.41) is 20.4. The molecular weight excluding hydrogens is 334 g/mol. The highest BCUT2D eigenvalue weighted by atomic mass is 79.9. The molecule has 4 heteroatoms. The molecular formula is C16H14BrNOS. The van der Waals surface area contributed by atoms with Crippen LogP contribution in [0.2, 0.25) is 0 Å². The zero-order valence-electron chi connectivity index (χ0n) is 10.8. The molecule has 1 aliphatic carbocycles. The van der Waals surface area contributed by atoms with Crippen molar-refractivity contribution in [1.29, 1.82) is 5.26 Å². The normalized spacial score (nSPS) is 22.9. The Morgan fingerprint density at radius 1 is 1.25 bits per heavy atom. The predicted molar refractivity (Wildman–Crippen MR) is 83.5 cm³/mol. The number of aryl methyl sites for hydroxylation is 1. The number of nitrogens with zero attached hydrogens (tertiary/aromatic N) is 1. The Morgan fingerprint density at radius 3 is 2.65 bits per heavy atom. The van der Waals surface area contributed by atoms with Gasteiger partial charge in [0.25, 0.3) is 0 Å². The van der Waals surface area contributed by atoms with Crippen molar-refractivity contribution in [3.05, 3.63) is 56.2 Å². The van der Waals surface area contributed by atoms with E-state index in [2.05, 4.69) is 34.1 Å². The highest BCUT2D eigenvalue weighted by molar-refractivity contribution is 9.11. The summed E-state index contributed by atoms with van der Waals surface area (Å²) >= 11 is 4.91. The number of halogens is 1. The Bertz CT molecular complexity index is 675. The minimum absolute atomic E-state index is 0.621. The van der Waals surface area contributed by atoms with Crippen molar-refractivity contribution in [3.63, 3.8) is 0 Å². The van der Waals surface area contributed by atoms with E-state index < -0.39 is 11.5 Å². The van der Waals surface area contributed by atoms with Gasteiger partial charge < -0.3 is 5.11 Å². The Hall–Kier alpha value is -1.15. The maximum Gasteiger partial charge on any atom is 0.107 e. The summed E-state index contributed by atoms with van der Waals surface area (Å²) in [6.45, 7) is 0. The molecule has 1 aromatic carbocycles. The van der Waals surface area contributed by atoms with E-state index in [-0.39, 0.29) is 0 Å². The van der Waals surface area contributed by atoms with E-state index in [1.165, 1.54) is 22.5 Å². The fraction of sp³-hybridized carbons (Fsp3) is 0.312. The van der Waals surface area contributed by atoms with Crippen molar-refractivity contribution < 1.29 is 5.11 Å². The SMILES string of the molecule is N#CC1(C(O)c2ccc(Br)s2)CCc2ccccc2C1. The summed E-state index contributed by atoms with van der Waals surface area (Å²) in [6, 6.07) is 14.4. The third kappa shape index (κ3) is 2.31. The average Bonchev–Trinajstić information content (AvgIpc) is 2.92. The number of aliphatic hydroxyl groups is 1. The van der Waals surface area contributed by atoms with Crippen LogP contribution >= 0.6 is 27.3 Å². The molecule has 0 aliphatic heterocycles. The first-order chi connectivity index (χ1) is 9.64. The van der Waals surface area contributed by atoms with Gasteiger partial charge in [-0.3, -0.25) is 0 Å². The molecule has 0 spiro atoms. The van der Waals surface area contributed by atoms with Crippen LogP contribution < -0.4 is 0 Å². The maximum absolute atomic E-state index is 10.7. The number of rotatable bonds is 2. The molecule has 0 radical (unpaired) electrons. The van der Waals surface area contributed by atoms with Gasteiger partial charge in [-0.1, -0.05) is 24.3 Å². The van der Waals surface area contributed by atoms with Crippen LogP contribution in [0, 0.1) is 16.7 Å². The Morgan fingerprint density at radius 2 is 2.00 bits per heavy atom. The Labute approximate surface area is 130 Å². The molecule has 0 fully saturated rings. The van der Waals surface area contributed by atoms with Crippen LogP contribution in [0.3, 0.4) is 0 Å². The molecule has 2 aromatic rings. The minimum atomic E-state index is -0.725. The first kappa shape index (κ1) is 13.8. The van der Waals surface area contributed by atoms with Crippen LogP contribution in [0.25, 0.3) is 0 Å². The van der Waals surface area contributed by atoms with Gasteiger partial charge in [0.2, 0.25) is 0 Å². The lowest BCUT2D eigenvalue weighted by Crippen LogP contribution is -2.33. The molecule has 20 heavy (non-hydrogen) atoms. The summed E-state index contributed by atoms with van der Waals surface area (Å²) in [6.07, 6.45) is 1.46. The second-order valence-corrected chi connectivity index (χ2v) is 7.75. The van der Waals surface area contributed by atoms with Crippen molar-refractivity contribution in [2.75, 3.05) is 0 Å². The van der Waals surface area contributed by atoms with E-state index in [1.54, 1.807) is 0 Å². The molecule has 1 heterocycles. The molecule has 2 unspecified atom stereocenters. The molecule has 0 amide bonds. The van der Waals surface area contributed by atoms with Gasteiger partial charge in [-0.2, -0.15) is 5.26 Å². The average molecular weight is 348 g/mol. The molecule has 0 saturated heterocycles. The zero-order chi connectivity index (χ0) is 14.2. The van der Waals surface area contributed by atoms with Crippen LogP contribution in [0.15, 0.2) is 40.2 Å². The highest BCUT2D eigenvalue weighted by Crippen LogP contribution is 2.46. The summed E-state index contributed by atoms with van der Waals surface area (Å²) in [5.41, 5.74) is 1.78. The molecule has 1 aromatic heterocycles. The van der Waals surface area contributed by atoms with E-state index in [1.807, 2.05) is 24.3 Å². The van der Waals surface area contributed by atoms with Gasteiger partial charge in [0.05, 0.1) is 15.3 Å². The van der Waals surface area contributed by atoms with Crippen molar-refractivity contribution in [3.8, 4) is 6.07 Å². The predicted octanol–water partition coefficient (Wildman–Crippen LogP) is 4.24. The number of fused-ring (bicyclic) bond motifs is 1. The summed E-state index contributed by atoms with van der Waals surface area (Å²) in [7, 11) is 0. The van der Waals surface area contributed by atoms with Crippen LogP contribution in [-0.2, 0) is 12.8 Å². The quantitative estimate of drug-likeness (QED) is 0.882. The standard InChI is InChI=1S/C16H14BrNOS/c17-14-6-5-13(20-14)15(19)16(10-18)8-7-11-3-1-2-4-12(11)9-16/h1-6,15,19H,7-9H2. The lowest BCUT2D eigenvalue weighted by molar-refractivity contribution is 0.0556. The van der Waals surface area contributed by atoms with Crippen molar-refractivity contribution in [2.24, 2.45) is 5.41 Å². The van der Waals surface area contributed by atoms with E-state index in [0.29, 0.717) is 12.8 Å². The molecule has 102 valence electrons. The summed E-state index contributed by atoms with van der Waals surface area (Å²) in [5.74, 6) is 0. The molecule has 0 saturated carbocycles. The van der Waals surface area contributed by atoms with Gasteiger partial charge in [0.15, 0.2) is 0 Å². The largest absolute Gasteiger partial charge is 0.386 e. The van der Waals surface area contributed by atoms with Crippen molar-refractivity contribution >= 4 is 27.3 Å². The molecule has 2 atom stereocenters. The van der Waals surface area contributed by atoms with Crippen molar-refractivity contribution in [1.82, 2.24) is 0 Å². The van der Waals surface area contributed by atoms with Crippen molar-refractivity contribution in [2.45, 2.75) is 25.4 Å². The first-order valence-corrected chi connectivity index (χ1v) is 8.17. The Kier molecular flexibility index (Phi) is 3.68. The molecule has 1 aliphatic rings. The van der Waals surface area contributed by atoms with Crippen LogP contribution in [-0.4, -0.2) is 5.11 Å². The van der Waals surface area contributed by atoms with Crippen LogP contribution in [0.1, 0.15) is 28.5 Å². The smallest absolute Gasteiger partial charge is 0.107 e. The van der Waals surface area contributed by atoms with Gasteiger partial charge in [-0.05, 0) is 58.5 Å². The molecule has 0 bridgehead atoms. The summed E-state index contributed by atoms with van der Waals surface area (Å²) in [4.78, 5) is 0.859. The van der Waals surface area contributed by atoms with Gasteiger partial charge in [-0.15, -0.1) is 11.3 Å². The second kappa shape index (κ2) is 5.33. The van der Waals surface area contributed by atoms with E-state index >= 15 is 0 Å². The second-order valence-electron chi connectivity index (χ2n) is 5.26. The minimum Gasteiger partial charge on any atom is -0.386 e. The Balaban J connectivity index is 1.96. The fourth-order valence-corrected chi connectivity index (χ4v) is 4.42. The number of aliphatic hydroxyl groups excluding tert-OH is 1. The first-order valence-electron chi connectivity index (χ1n) is 6.56. The number of hydrogen-bond acceptors (Lipinski definition) is 3. The van der Waals surface area contributed by atoms with Gasteiger partial charge in [0.1, 0.15) is 6.10 Å².